The van der Waals surface area contributed by atoms with Crippen molar-refractivity contribution in [2.24, 2.45) is 0 Å². The van der Waals surface area contributed by atoms with Crippen LogP contribution in [0, 0.1) is 0 Å². The highest BCUT2D eigenvalue weighted by molar-refractivity contribution is 6.31. The molecule has 1 fully saturated rings. The fourth-order valence-electron chi connectivity index (χ4n) is 2.06. The summed E-state index contributed by atoms with van der Waals surface area (Å²) < 4.78 is 5.17. The molecule has 6 heteroatoms. The Morgan fingerprint density at radius 2 is 2.26 bits per heavy atom. The van der Waals surface area contributed by atoms with E-state index in [0.717, 1.165) is 0 Å². The zero-order valence-corrected chi connectivity index (χ0v) is 11.5. The molecule has 1 atom stereocenters. The van der Waals surface area contributed by atoms with E-state index in [2.05, 4.69) is 5.32 Å². The Hall–Kier alpha value is -1.75. The van der Waals surface area contributed by atoms with Crippen LogP contribution in [-0.4, -0.2) is 43.0 Å². The molecule has 19 heavy (non-hydrogen) atoms. The third kappa shape index (κ3) is 2.66. The Morgan fingerprint density at radius 3 is 2.95 bits per heavy atom. The Kier molecular flexibility index (Phi) is 3.95. The van der Waals surface area contributed by atoms with E-state index in [9.17, 15) is 9.59 Å². The maximum absolute atomic E-state index is 12.5. The van der Waals surface area contributed by atoms with Crippen molar-refractivity contribution in [1.82, 2.24) is 10.2 Å². The predicted octanol–water partition coefficient (Wildman–Crippen LogP) is 1.31. The number of amides is 2. The lowest BCUT2D eigenvalue weighted by Gasteiger charge is -2.33. The van der Waals surface area contributed by atoms with Gasteiger partial charge >= 0.3 is 0 Å². The molecule has 1 aromatic carbocycles. The lowest BCUT2D eigenvalue weighted by Crippen LogP contribution is -2.55. The molecule has 0 aromatic heterocycles. The molecule has 1 unspecified atom stereocenters. The molecule has 102 valence electrons. The minimum atomic E-state index is -0.495. The third-order valence-electron chi connectivity index (χ3n) is 3.15. The second-order valence-corrected chi connectivity index (χ2v) is 4.75. The van der Waals surface area contributed by atoms with Gasteiger partial charge in [-0.15, -0.1) is 0 Å². The summed E-state index contributed by atoms with van der Waals surface area (Å²) in [6.07, 6.45) is 0. The number of methoxy groups -OCH3 is 1. The van der Waals surface area contributed by atoms with Gasteiger partial charge < -0.3 is 15.0 Å². The highest BCUT2D eigenvalue weighted by Crippen LogP contribution is 2.25. The molecule has 0 aliphatic carbocycles. The average Bonchev–Trinajstić information content (AvgIpc) is 2.41. The summed E-state index contributed by atoms with van der Waals surface area (Å²) in [7, 11) is 1.49. The van der Waals surface area contributed by atoms with Gasteiger partial charge in [0.15, 0.2) is 0 Å². The van der Waals surface area contributed by atoms with Crippen molar-refractivity contribution in [3.05, 3.63) is 28.8 Å². The zero-order valence-electron chi connectivity index (χ0n) is 10.8. The number of nitrogens with zero attached hydrogens (tertiary/aromatic N) is 1. The molecule has 5 nitrogen and oxygen atoms in total. The molecule has 1 aliphatic heterocycles. The number of carbonyl (C=O) groups is 2. The van der Waals surface area contributed by atoms with E-state index in [-0.39, 0.29) is 11.8 Å². The highest BCUT2D eigenvalue weighted by Gasteiger charge is 2.31. The van der Waals surface area contributed by atoms with Gasteiger partial charge in [-0.25, -0.2) is 0 Å². The van der Waals surface area contributed by atoms with Gasteiger partial charge in [0.1, 0.15) is 11.8 Å². The number of carbonyl (C=O) groups excluding carboxylic acids is 2. The summed E-state index contributed by atoms with van der Waals surface area (Å²) in [5.41, 5.74) is 0.372. The first-order chi connectivity index (χ1) is 9.04. The summed E-state index contributed by atoms with van der Waals surface area (Å²) in [4.78, 5) is 25.6. The summed E-state index contributed by atoms with van der Waals surface area (Å²) in [6.45, 7) is 2.63. The van der Waals surface area contributed by atoms with Crippen molar-refractivity contribution in [1.29, 1.82) is 0 Å². The second-order valence-electron chi connectivity index (χ2n) is 4.31. The first-order valence-corrected chi connectivity index (χ1v) is 6.34. The summed E-state index contributed by atoms with van der Waals surface area (Å²) in [5.74, 6) is 0.0508. The normalized spacial score (nSPS) is 19.0. The molecule has 1 aliphatic rings. The second kappa shape index (κ2) is 5.48. The van der Waals surface area contributed by atoms with E-state index in [1.165, 1.54) is 12.0 Å². The van der Waals surface area contributed by atoms with Crippen LogP contribution in [0.3, 0.4) is 0 Å². The van der Waals surface area contributed by atoms with Gasteiger partial charge in [-0.2, -0.15) is 0 Å². The van der Waals surface area contributed by atoms with Crippen LogP contribution in [0.25, 0.3) is 0 Å². The van der Waals surface area contributed by atoms with E-state index >= 15 is 0 Å². The smallest absolute Gasteiger partial charge is 0.258 e. The van der Waals surface area contributed by atoms with Crippen LogP contribution >= 0.6 is 11.6 Å². The lowest BCUT2D eigenvalue weighted by atomic mass is 10.1. The number of rotatable bonds is 2. The standard InChI is InChI=1S/C13H15ClN2O3/c1-8-12(17)15-5-6-16(8)13(18)10-7-9(14)3-4-11(10)19-2/h3-4,7-8H,5-6H2,1-2H3,(H,15,17). The van der Waals surface area contributed by atoms with Crippen molar-refractivity contribution in [3.8, 4) is 5.75 Å². The Labute approximate surface area is 116 Å². The van der Waals surface area contributed by atoms with E-state index in [0.29, 0.717) is 29.4 Å². The molecule has 1 aromatic rings. The van der Waals surface area contributed by atoms with Crippen LogP contribution < -0.4 is 10.1 Å². The SMILES string of the molecule is COc1ccc(Cl)cc1C(=O)N1CCNC(=O)C1C. The molecular weight excluding hydrogens is 268 g/mol. The first kappa shape index (κ1) is 13.7. The molecule has 0 radical (unpaired) electrons. The fourth-order valence-corrected chi connectivity index (χ4v) is 2.23. The molecule has 1 saturated heterocycles. The molecule has 1 heterocycles. The Morgan fingerprint density at radius 1 is 1.53 bits per heavy atom. The summed E-state index contributed by atoms with van der Waals surface area (Å²) in [6, 6.07) is 4.36. The maximum Gasteiger partial charge on any atom is 0.258 e. The van der Waals surface area contributed by atoms with Gasteiger partial charge in [-0.1, -0.05) is 11.6 Å². The van der Waals surface area contributed by atoms with Gasteiger partial charge in [-0.05, 0) is 25.1 Å². The molecule has 0 bridgehead atoms. The van der Waals surface area contributed by atoms with Gasteiger partial charge in [0, 0.05) is 18.1 Å². The number of benzene rings is 1. The highest BCUT2D eigenvalue weighted by atomic mass is 35.5. The fraction of sp³-hybridized carbons (Fsp3) is 0.385. The number of piperazine rings is 1. The van der Waals surface area contributed by atoms with Crippen LogP contribution in [0.15, 0.2) is 18.2 Å². The number of hydrogen-bond acceptors (Lipinski definition) is 3. The largest absolute Gasteiger partial charge is 0.496 e. The van der Waals surface area contributed by atoms with E-state index in [1.807, 2.05) is 0 Å². The number of ether oxygens (including phenoxy) is 1. The molecule has 0 spiro atoms. The minimum Gasteiger partial charge on any atom is -0.496 e. The van der Waals surface area contributed by atoms with Crippen LogP contribution in [0.1, 0.15) is 17.3 Å². The monoisotopic (exact) mass is 282 g/mol. The molecule has 1 N–H and O–H groups in total. The topological polar surface area (TPSA) is 58.6 Å². The van der Waals surface area contributed by atoms with Crippen LogP contribution in [0.4, 0.5) is 0 Å². The summed E-state index contributed by atoms with van der Waals surface area (Å²) >= 11 is 5.92. The quantitative estimate of drug-likeness (QED) is 0.890. The first-order valence-electron chi connectivity index (χ1n) is 5.97. The lowest BCUT2D eigenvalue weighted by molar-refractivity contribution is -0.127. The predicted molar refractivity (Wildman–Crippen MR) is 71.5 cm³/mol. The van der Waals surface area contributed by atoms with Crippen molar-refractivity contribution in [2.45, 2.75) is 13.0 Å². The third-order valence-corrected chi connectivity index (χ3v) is 3.39. The van der Waals surface area contributed by atoms with Crippen molar-refractivity contribution >= 4 is 23.4 Å². The number of nitrogens with one attached hydrogen (secondary N) is 1. The molecule has 2 amide bonds. The maximum atomic E-state index is 12.5. The van der Waals surface area contributed by atoms with Gasteiger partial charge in [0.25, 0.3) is 5.91 Å². The van der Waals surface area contributed by atoms with E-state index in [1.54, 1.807) is 25.1 Å². The van der Waals surface area contributed by atoms with Crippen LogP contribution in [-0.2, 0) is 4.79 Å². The van der Waals surface area contributed by atoms with Gasteiger partial charge in [0.2, 0.25) is 5.91 Å². The van der Waals surface area contributed by atoms with Crippen LogP contribution in [0.5, 0.6) is 5.75 Å². The van der Waals surface area contributed by atoms with Crippen molar-refractivity contribution in [2.75, 3.05) is 20.2 Å². The molecular formula is C13H15ClN2O3. The Balaban J connectivity index is 2.33. The zero-order chi connectivity index (χ0) is 14.0. The summed E-state index contributed by atoms with van der Waals surface area (Å²) in [5, 5.41) is 3.17. The molecule has 2 rings (SSSR count). The van der Waals surface area contributed by atoms with Gasteiger partial charge in [-0.3, -0.25) is 9.59 Å². The van der Waals surface area contributed by atoms with Crippen molar-refractivity contribution < 1.29 is 14.3 Å². The van der Waals surface area contributed by atoms with E-state index in [4.69, 9.17) is 16.3 Å². The van der Waals surface area contributed by atoms with Crippen molar-refractivity contribution in [3.63, 3.8) is 0 Å². The Bertz CT molecular complexity index is 519. The minimum absolute atomic E-state index is 0.152. The van der Waals surface area contributed by atoms with E-state index < -0.39 is 6.04 Å². The van der Waals surface area contributed by atoms with Gasteiger partial charge in [0.05, 0.1) is 12.7 Å². The van der Waals surface area contributed by atoms with Crippen LogP contribution in [0.2, 0.25) is 5.02 Å². The molecule has 0 saturated carbocycles. The number of hydrogen-bond donors (Lipinski definition) is 1. The average molecular weight is 283 g/mol. The number of halogens is 1.